The van der Waals surface area contributed by atoms with Crippen molar-refractivity contribution in [3.05, 3.63) is 72.3 Å². The van der Waals surface area contributed by atoms with Gasteiger partial charge in [-0.3, -0.25) is 0 Å². The highest BCUT2D eigenvalue weighted by Crippen LogP contribution is 2.38. The summed E-state index contributed by atoms with van der Waals surface area (Å²) in [5.74, 6) is 0.472. The summed E-state index contributed by atoms with van der Waals surface area (Å²) in [7, 11) is 0. The molecule has 1 heterocycles. The van der Waals surface area contributed by atoms with Crippen LogP contribution in [0.4, 0.5) is 0 Å². The van der Waals surface area contributed by atoms with Crippen LogP contribution in [-0.4, -0.2) is 0 Å². The summed E-state index contributed by atoms with van der Waals surface area (Å²) in [6.45, 7) is 4.44. The first-order valence-corrected chi connectivity index (χ1v) is 7.74. The monoisotopic (exact) mass is 286 g/mol. The SMILES string of the molecule is CC(C)c1cc(-c2ccccc2)c2c(c1)oc1ccccc12. The Labute approximate surface area is 130 Å². The van der Waals surface area contributed by atoms with Gasteiger partial charge >= 0.3 is 0 Å². The Morgan fingerprint density at radius 2 is 1.50 bits per heavy atom. The lowest BCUT2D eigenvalue weighted by Gasteiger charge is -2.10. The van der Waals surface area contributed by atoms with Gasteiger partial charge in [0, 0.05) is 10.8 Å². The second-order valence-electron chi connectivity index (χ2n) is 6.06. The van der Waals surface area contributed by atoms with Gasteiger partial charge in [0.1, 0.15) is 11.2 Å². The normalized spacial score (nSPS) is 11.6. The molecule has 0 atom stereocenters. The van der Waals surface area contributed by atoms with Gasteiger partial charge in [-0.2, -0.15) is 0 Å². The van der Waals surface area contributed by atoms with Crippen molar-refractivity contribution in [3.8, 4) is 11.1 Å². The number of hydrogen-bond donors (Lipinski definition) is 0. The fourth-order valence-electron chi connectivity index (χ4n) is 3.05. The molecule has 0 spiro atoms. The van der Waals surface area contributed by atoms with Crippen LogP contribution in [-0.2, 0) is 0 Å². The quantitative estimate of drug-likeness (QED) is 0.417. The van der Waals surface area contributed by atoms with E-state index in [2.05, 4.69) is 68.4 Å². The summed E-state index contributed by atoms with van der Waals surface area (Å²) < 4.78 is 6.11. The molecule has 0 N–H and O–H groups in total. The van der Waals surface area contributed by atoms with E-state index in [0.29, 0.717) is 5.92 Å². The molecule has 0 saturated heterocycles. The van der Waals surface area contributed by atoms with E-state index < -0.39 is 0 Å². The zero-order valence-electron chi connectivity index (χ0n) is 12.8. The molecule has 0 fully saturated rings. The highest BCUT2D eigenvalue weighted by molar-refractivity contribution is 6.12. The number of fused-ring (bicyclic) bond motifs is 3. The molecule has 1 heteroatoms. The van der Waals surface area contributed by atoms with Gasteiger partial charge in [0.2, 0.25) is 0 Å². The standard InChI is InChI=1S/C21H18O/c1-14(2)16-12-18(15-8-4-3-5-9-15)21-17-10-6-7-11-19(17)22-20(21)13-16/h3-14H,1-2H3. The van der Waals surface area contributed by atoms with Crippen molar-refractivity contribution in [2.24, 2.45) is 0 Å². The molecule has 3 aromatic carbocycles. The third kappa shape index (κ3) is 2.01. The lowest BCUT2D eigenvalue weighted by Crippen LogP contribution is -1.89. The highest BCUT2D eigenvalue weighted by atomic mass is 16.3. The number of hydrogen-bond acceptors (Lipinski definition) is 1. The van der Waals surface area contributed by atoms with E-state index in [9.17, 15) is 0 Å². The van der Waals surface area contributed by atoms with Crippen molar-refractivity contribution < 1.29 is 4.42 Å². The van der Waals surface area contributed by atoms with Crippen LogP contribution in [0.3, 0.4) is 0 Å². The average Bonchev–Trinajstić information content (AvgIpc) is 2.93. The summed E-state index contributed by atoms with van der Waals surface area (Å²) in [5.41, 5.74) is 5.74. The van der Waals surface area contributed by atoms with Crippen LogP contribution < -0.4 is 0 Å². The van der Waals surface area contributed by atoms with Gasteiger partial charge in [0.15, 0.2) is 0 Å². The Balaban J connectivity index is 2.15. The smallest absolute Gasteiger partial charge is 0.136 e. The van der Waals surface area contributed by atoms with E-state index in [1.54, 1.807) is 0 Å². The molecule has 4 rings (SSSR count). The van der Waals surface area contributed by atoms with Gasteiger partial charge in [-0.15, -0.1) is 0 Å². The second kappa shape index (κ2) is 5.03. The second-order valence-corrected chi connectivity index (χ2v) is 6.06. The van der Waals surface area contributed by atoms with Crippen LogP contribution in [0.25, 0.3) is 33.1 Å². The summed E-state index contributed by atoms with van der Waals surface area (Å²) in [5, 5.41) is 2.40. The van der Waals surface area contributed by atoms with E-state index in [0.717, 1.165) is 11.2 Å². The highest BCUT2D eigenvalue weighted by Gasteiger charge is 2.14. The molecular formula is C21H18O. The molecule has 22 heavy (non-hydrogen) atoms. The topological polar surface area (TPSA) is 13.1 Å². The van der Waals surface area contributed by atoms with E-state index in [1.807, 2.05) is 12.1 Å². The average molecular weight is 286 g/mol. The lowest BCUT2D eigenvalue weighted by molar-refractivity contribution is 0.667. The molecule has 0 saturated carbocycles. The predicted molar refractivity (Wildman–Crippen MR) is 93.2 cm³/mol. The Morgan fingerprint density at radius 3 is 2.27 bits per heavy atom. The molecule has 1 aromatic heterocycles. The molecule has 0 aliphatic carbocycles. The lowest BCUT2D eigenvalue weighted by atomic mass is 9.93. The minimum atomic E-state index is 0.472. The summed E-state index contributed by atoms with van der Waals surface area (Å²) >= 11 is 0. The maximum absolute atomic E-state index is 6.11. The van der Waals surface area contributed by atoms with Crippen molar-refractivity contribution in [1.82, 2.24) is 0 Å². The van der Waals surface area contributed by atoms with Crippen LogP contribution in [0.15, 0.2) is 71.1 Å². The van der Waals surface area contributed by atoms with E-state index >= 15 is 0 Å². The number of furan rings is 1. The zero-order valence-corrected chi connectivity index (χ0v) is 12.8. The van der Waals surface area contributed by atoms with Crippen molar-refractivity contribution in [1.29, 1.82) is 0 Å². The largest absolute Gasteiger partial charge is 0.456 e. The summed E-state index contributed by atoms with van der Waals surface area (Å²) in [6.07, 6.45) is 0. The van der Waals surface area contributed by atoms with Gasteiger partial charge in [0.05, 0.1) is 0 Å². The maximum Gasteiger partial charge on any atom is 0.136 e. The fourth-order valence-corrected chi connectivity index (χ4v) is 3.05. The third-order valence-corrected chi connectivity index (χ3v) is 4.25. The maximum atomic E-state index is 6.11. The van der Waals surface area contributed by atoms with Crippen LogP contribution in [0.5, 0.6) is 0 Å². The van der Waals surface area contributed by atoms with Crippen molar-refractivity contribution >= 4 is 21.9 Å². The molecule has 0 aliphatic rings. The van der Waals surface area contributed by atoms with Crippen LogP contribution >= 0.6 is 0 Å². The molecular weight excluding hydrogens is 268 g/mol. The first-order valence-electron chi connectivity index (χ1n) is 7.74. The van der Waals surface area contributed by atoms with Gasteiger partial charge in [0.25, 0.3) is 0 Å². The summed E-state index contributed by atoms with van der Waals surface area (Å²) in [4.78, 5) is 0. The molecule has 0 radical (unpaired) electrons. The minimum Gasteiger partial charge on any atom is -0.456 e. The Hall–Kier alpha value is -2.54. The molecule has 108 valence electrons. The number of rotatable bonds is 2. The van der Waals surface area contributed by atoms with Gasteiger partial charge in [-0.25, -0.2) is 0 Å². The zero-order chi connectivity index (χ0) is 15.1. The molecule has 0 aliphatic heterocycles. The Kier molecular flexibility index (Phi) is 3.00. The fraction of sp³-hybridized carbons (Fsp3) is 0.143. The molecule has 0 bridgehead atoms. The van der Waals surface area contributed by atoms with E-state index in [4.69, 9.17) is 4.42 Å². The van der Waals surface area contributed by atoms with Crippen LogP contribution in [0, 0.1) is 0 Å². The van der Waals surface area contributed by atoms with Gasteiger partial charge in [-0.1, -0.05) is 62.4 Å². The molecule has 4 aromatic rings. The Bertz CT molecular complexity index is 946. The van der Waals surface area contributed by atoms with Gasteiger partial charge in [-0.05, 0) is 40.8 Å². The van der Waals surface area contributed by atoms with Crippen molar-refractivity contribution in [2.45, 2.75) is 19.8 Å². The molecule has 1 nitrogen and oxygen atoms in total. The van der Waals surface area contributed by atoms with Crippen LogP contribution in [0.2, 0.25) is 0 Å². The first kappa shape index (κ1) is 13.1. The minimum absolute atomic E-state index is 0.472. The van der Waals surface area contributed by atoms with Crippen molar-refractivity contribution in [2.75, 3.05) is 0 Å². The molecule has 0 unspecified atom stereocenters. The van der Waals surface area contributed by atoms with E-state index in [-0.39, 0.29) is 0 Å². The summed E-state index contributed by atoms with van der Waals surface area (Å²) in [6, 6.07) is 23.3. The van der Waals surface area contributed by atoms with Gasteiger partial charge < -0.3 is 4.42 Å². The first-order chi connectivity index (χ1) is 10.7. The predicted octanol–water partition coefficient (Wildman–Crippen LogP) is 6.38. The Morgan fingerprint density at radius 1 is 0.773 bits per heavy atom. The molecule has 0 amide bonds. The van der Waals surface area contributed by atoms with Crippen molar-refractivity contribution in [3.63, 3.8) is 0 Å². The van der Waals surface area contributed by atoms with E-state index in [1.165, 1.54) is 27.5 Å². The number of para-hydroxylation sites is 1. The third-order valence-electron chi connectivity index (χ3n) is 4.25. The number of benzene rings is 3. The van der Waals surface area contributed by atoms with Crippen LogP contribution in [0.1, 0.15) is 25.3 Å².